The standard InChI is InChI=1S/C24H30N4O7/c1-4-34-19-9-7-18(8-10-19)27-22(29)16-35-20-11-6-17(14-21(20)33-3)15-26-28-24(31)23(30)25-12-5-13-32-2/h6-11,14-15H,4-5,12-13,16H2,1-3H3,(H,25,30)(H,27,29)(H,28,31)/b26-15-. The molecule has 2 aromatic carbocycles. The molecule has 0 aliphatic carbocycles. The predicted molar refractivity (Wildman–Crippen MR) is 130 cm³/mol. The van der Waals surface area contributed by atoms with E-state index in [2.05, 4.69) is 21.2 Å². The Morgan fingerprint density at radius 1 is 0.971 bits per heavy atom. The number of anilines is 1. The third kappa shape index (κ3) is 9.72. The van der Waals surface area contributed by atoms with Crippen LogP contribution in [0.4, 0.5) is 5.69 Å². The van der Waals surface area contributed by atoms with Crippen molar-refractivity contribution < 1.29 is 33.3 Å². The number of carbonyl (C=O) groups excluding carboxylic acids is 3. The average molecular weight is 487 g/mol. The van der Waals surface area contributed by atoms with E-state index in [1.54, 1.807) is 49.6 Å². The zero-order valence-electron chi connectivity index (χ0n) is 20.0. The average Bonchev–Trinajstić information content (AvgIpc) is 2.86. The highest BCUT2D eigenvalue weighted by atomic mass is 16.5. The summed E-state index contributed by atoms with van der Waals surface area (Å²) in [5.74, 6) is -0.579. The van der Waals surface area contributed by atoms with E-state index in [0.717, 1.165) is 5.75 Å². The van der Waals surface area contributed by atoms with E-state index in [9.17, 15) is 14.4 Å². The maximum atomic E-state index is 12.2. The molecule has 3 amide bonds. The van der Waals surface area contributed by atoms with Gasteiger partial charge in [0, 0.05) is 25.9 Å². The molecule has 0 radical (unpaired) electrons. The maximum Gasteiger partial charge on any atom is 0.329 e. The largest absolute Gasteiger partial charge is 0.494 e. The van der Waals surface area contributed by atoms with Gasteiger partial charge in [-0.1, -0.05) is 0 Å². The van der Waals surface area contributed by atoms with Crippen LogP contribution in [0.2, 0.25) is 0 Å². The van der Waals surface area contributed by atoms with Gasteiger partial charge in [0.1, 0.15) is 5.75 Å². The fourth-order valence-electron chi connectivity index (χ4n) is 2.74. The van der Waals surface area contributed by atoms with Crippen LogP contribution in [-0.2, 0) is 19.1 Å². The molecule has 0 aliphatic rings. The molecular weight excluding hydrogens is 456 g/mol. The van der Waals surface area contributed by atoms with Crippen LogP contribution in [0.1, 0.15) is 18.9 Å². The summed E-state index contributed by atoms with van der Waals surface area (Å²) in [6.07, 6.45) is 1.94. The van der Waals surface area contributed by atoms with Gasteiger partial charge < -0.3 is 29.6 Å². The second kappa shape index (κ2) is 14.9. The normalized spacial score (nSPS) is 10.5. The Hall–Kier alpha value is -4.12. The van der Waals surface area contributed by atoms with Crippen molar-refractivity contribution in [3.05, 3.63) is 48.0 Å². The minimum absolute atomic E-state index is 0.230. The molecule has 35 heavy (non-hydrogen) atoms. The lowest BCUT2D eigenvalue weighted by Gasteiger charge is -2.12. The molecule has 3 N–H and O–H groups in total. The van der Waals surface area contributed by atoms with Crippen molar-refractivity contribution in [1.82, 2.24) is 10.7 Å². The molecule has 2 aromatic rings. The van der Waals surface area contributed by atoms with E-state index in [1.807, 2.05) is 6.92 Å². The summed E-state index contributed by atoms with van der Waals surface area (Å²) < 4.78 is 21.1. The SMILES string of the molecule is CCOc1ccc(NC(=O)COc2ccc(/C=N\NC(=O)C(=O)NCCCOC)cc2OC)cc1. The van der Waals surface area contributed by atoms with E-state index < -0.39 is 11.8 Å². The molecule has 0 atom stereocenters. The molecule has 2 rings (SSSR count). The first-order valence-corrected chi connectivity index (χ1v) is 10.9. The third-order valence-corrected chi connectivity index (χ3v) is 4.39. The van der Waals surface area contributed by atoms with Gasteiger partial charge in [0.15, 0.2) is 18.1 Å². The Balaban J connectivity index is 1.84. The summed E-state index contributed by atoms with van der Waals surface area (Å²) in [5.41, 5.74) is 3.35. The topological polar surface area (TPSA) is 137 Å². The Labute approximate surface area is 203 Å². The summed E-state index contributed by atoms with van der Waals surface area (Å²) in [6.45, 7) is 3.03. The van der Waals surface area contributed by atoms with Crippen molar-refractivity contribution in [2.45, 2.75) is 13.3 Å². The molecule has 0 aromatic heterocycles. The number of hydrazone groups is 1. The van der Waals surface area contributed by atoms with Crippen LogP contribution in [0.15, 0.2) is 47.6 Å². The van der Waals surface area contributed by atoms with Crippen LogP contribution >= 0.6 is 0 Å². The Kier molecular flexibility index (Phi) is 11.6. The quantitative estimate of drug-likeness (QED) is 0.170. The van der Waals surface area contributed by atoms with Crippen molar-refractivity contribution in [2.24, 2.45) is 5.10 Å². The Morgan fingerprint density at radius 2 is 1.74 bits per heavy atom. The van der Waals surface area contributed by atoms with Crippen LogP contribution in [0.5, 0.6) is 17.2 Å². The fourth-order valence-corrected chi connectivity index (χ4v) is 2.74. The van der Waals surface area contributed by atoms with Crippen LogP contribution in [-0.4, -0.2) is 64.5 Å². The number of nitrogens with one attached hydrogen (secondary N) is 3. The van der Waals surface area contributed by atoms with Crippen molar-refractivity contribution >= 4 is 29.6 Å². The fraction of sp³-hybridized carbons (Fsp3) is 0.333. The number of amides is 3. The first kappa shape index (κ1) is 27.1. The van der Waals surface area contributed by atoms with Crippen LogP contribution in [0.25, 0.3) is 0 Å². The number of methoxy groups -OCH3 is 2. The minimum atomic E-state index is -0.885. The van der Waals surface area contributed by atoms with Gasteiger partial charge >= 0.3 is 11.8 Å². The van der Waals surface area contributed by atoms with Gasteiger partial charge in [-0.05, 0) is 61.4 Å². The molecule has 0 unspecified atom stereocenters. The van der Waals surface area contributed by atoms with Crippen molar-refractivity contribution in [1.29, 1.82) is 0 Å². The monoisotopic (exact) mass is 486 g/mol. The number of carbonyl (C=O) groups is 3. The molecule has 0 heterocycles. The van der Waals surface area contributed by atoms with Gasteiger partial charge in [-0.3, -0.25) is 14.4 Å². The van der Waals surface area contributed by atoms with E-state index >= 15 is 0 Å². The second-order valence-electron chi connectivity index (χ2n) is 7.01. The highest BCUT2D eigenvalue weighted by Gasteiger charge is 2.12. The van der Waals surface area contributed by atoms with Crippen LogP contribution < -0.4 is 30.3 Å². The van der Waals surface area contributed by atoms with Gasteiger partial charge in [-0.15, -0.1) is 0 Å². The lowest BCUT2D eigenvalue weighted by molar-refractivity contribution is -0.139. The summed E-state index contributed by atoms with van der Waals surface area (Å²) in [5, 5.41) is 8.97. The molecule has 11 nitrogen and oxygen atoms in total. The smallest absolute Gasteiger partial charge is 0.329 e. The minimum Gasteiger partial charge on any atom is -0.494 e. The second-order valence-corrected chi connectivity index (χ2v) is 7.01. The lowest BCUT2D eigenvalue weighted by atomic mass is 10.2. The number of hydrogen-bond donors (Lipinski definition) is 3. The molecule has 0 saturated heterocycles. The van der Waals surface area contributed by atoms with Crippen LogP contribution in [0, 0.1) is 0 Å². The molecule has 0 spiro atoms. The van der Waals surface area contributed by atoms with E-state index in [0.29, 0.717) is 48.9 Å². The molecule has 188 valence electrons. The first-order valence-electron chi connectivity index (χ1n) is 10.9. The van der Waals surface area contributed by atoms with E-state index in [4.69, 9.17) is 18.9 Å². The van der Waals surface area contributed by atoms with Crippen molar-refractivity contribution in [3.63, 3.8) is 0 Å². The number of nitrogens with zero attached hydrogens (tertiary/aromatic N) is 1. The number of hydrogen-bond acceptors (Lipinski definition) is 8. The third-order valence-electron chi connectivity index (χ3n) is 4.39. The van der Waals surface area contributed by atoms with Gasteiger partial charge in [-0.2, -0.15) is 5.10 Å². The summed E-state index contributed by atoms with van der Waals surface area (Å²) >= 11 is 0. The van der Waals surface area contributed by atoms with Gasteiger partial charge in [0.05, 0.1) is 19.9 Å². The molecule has 0 fully saturated rings. The lowest BCUT2D eigenvalue weighted by Crippen LogP contribution is -2.38. The zero-order valence-corrected chi connectivity index (χ0v) is 20.0. The molecule has 11 heteroatoms. The molecule has 0 saturated carbocycles. The summed E-state index contributed by atoms with van der Waals surface area (Å²) in [6, 6.07) is 11.9. The molecular formula is C24H30N4O7. The van der Waals surface area contributed by atoms with Gasteiger partial charge in [0.25, 0.3) is 5.91 Å². The molecule has 0 bridgehead atoms. The van der Waals surface area contributed by atoms with Crippen molar-refractivity contribution in [2.75, 3.05) is 45.9 Å². The van der Waals surface area contributed by atoms with Gasteiger partial charge in [0.2, 0.25) is 0 Å². The number of benzene rings is 2. The highest BCUT2D eigenvalue weighted by Crippen LogP contribution is 2.27. The van der Waals surface area contributed by atoms with Gasteiger partial charge in [-0.25, -0.2) is 5.43 Å². The number of rotatable bonds is 13. The molecule has 0 aliphatic heterocycles. The number of ether oxygens (including phenoxy) is 4. The predicted octanol–water partition coefficient (Wildman–Crippen LogP) is 1.71. The Morgan fingerprint density at radius 3 is 2.43 bits per heavy atom. The Bertz CT molecular complexity index is 1010. The zero-order chi connectivity index (χ0) is 25.5. The maximum absolute atomic E-state index is 12.2. The van der Waals surface area contributed by atoms with Crippen LogP contribution in [0.3, 0.4) is 0 Å². The summed E-state index contributed by atoms with van der Waals surface area (Å²) in [7, 11) is 3.01. The summed E-state index contributed by atoms with van der Waals surface area (Å²) in [4.78, 5) is 35.6. The highest BCUT2D eigenvalue weighted by molar-refractivity contribution is 6.35. The van der Waals surface area contributed by atoms with E-state index in [1.165, 1.54) is 13.3 Å². The van der Waals surface area contributed by atoms with Crippen molar-refractivity contribution in [3.8, 4) is 17.2 Å². The van der Waals surface area contributed by atoms with E-state index in [-0.39, 0.29) is 12.5 Å². The first-order chi connectivity index (χ1) is 17.0.